The van der Waals surface area contributed by atoms with E-state index in [-0.39, 0.29) is 11.3 Å². The fourth-order valence-electron chi connectivity index (χ4n) is 4.19. The van der Waals surface area contributed by atoms with Gasteiger partial charge in [0.15, 0.2) is 0 Å². The van der Waals surface area contributed by atoms with Crippen LogP contribution in [0.15, 0.2) is 24.3 Å². The molecular weight excluding hydrogens is 348 g/mol. The fraction of sp³-hybridized carbons (Fsp3) is 0.550. The zero-order valence-corrected chi connectivity index (χ0v) is 15.6. The van der Waals surface area contributed by atoms with Gasteiger partial charge in [-0.2, -0.15) is 0 Å². The van der Waals surface area contributed by atoms with Crippen LogP contribution in [-0.4, -0.2) is 63.5 Å². The maximum absolute atomic E-state index is 12.2. The molecule has 0 radical (unpaired) electrons. The van der Waals surface area contributed by atoms with E-state index in [1.54, 1.807) is 25.1 Å². The van der Waals surface area contributed by atoms with Crippen LogP contribution in [0.5, 0.6) is 0 Å². The second-order valence-electron chi connectivity index (χ2n) is 7.82. The monoisotopic (exact) mass is 374 g/mol. The van der Waals surface area contributed by atoms with Gasteiger partial charge in [0, 0.05) is 19.5 Å². The minimum atomic E-state index is -0.962. The van der Waals surface area contributed by atoms with Gasteiger partial charge >= 0.3 is 11.9 Å². The summed E-state index contributed by atoms with van der Waals surface area (Å²) in [6, 6.07) is 6.22. The summed E-state index contributed by atoms with van der Waals surface area (Å²) < 4.78 is 0. The zero-order valence-electron chi connectivity index (χ0n) is 15.6. The van der Waals surface area contributed by atoms with Crippen LogP contribution in [0.3, 0.4) is 0 Å². The van der Waals surface area contributed by atoms with E-state index in [1.165, 1.54) is 4.90 Å². The van der Waals surface area contributed by atoms with Gasteiger partial charge in [0.1, 0.15) is 6.04 Å². The first-order valence-electron chi connectivity index (χ1n) is 9.37. The molecule has 2 aliphatic rings. The number of aliphatic carboxylic acids is 1. The number of carboxylic acids is 2. The standard InChI is InChI=1S/C20H26N2O5/c1-14(18(24)25)22-13-20(6-5-17(22)23)7-9-21(10-8-20)12-15-3-2-4-16(11-15)19(26)27/h2-4,11,14H,5-10,12-13H2,1H3,(H,24,25)(H,26,27). The van der Waals surface area contributed by atoms with Gasteiger partial charge in [-0.3, -0.25) is 9.69 Å². The van der Waals surface area contributed by atoms with E-state index in [0.717, 1.165) is 37.9 Å². The lowest BCUT2D eigenvalue weighted by molar-refractivity contribution is -0.155. The number of amides is 1. The minimum absolute atomic E-state index is 0.00294. The van der Waals surface area contributed by atoms with Crippen molar-refractivity contribution < 1.29 is 24.6 Å². The van der Waals surface area contributed by atoms with Crippen LogP contribution in [-0.2, 0) is 16.1 Å². The van der Waals surface area contributed by atoms with Crippen LogP contribution in [0.25, 0.3) is 0 Å². The fourth-order valence-corrected chi connectivity index (χ4v) is 4.19. The van der Waals surface area contributed by atoms with Crippen LogP contribution >= 0.6 is 0 Å². The molecule has 0 saturated carbocycles. The summed E-state index contributed by atoms with van der Waals surface area (Å²) in [7, 11) is 0. The van der Waals surface area contributed by atoms with Gasteiger partial charge in [0.2, 0.25) is 5.91 Å². The Hall–Kier alpha value is -2.41. The highest BCUT2D eigenvalue weighted by Gasteiger charge is 2.43. The molecule has 3 rings (SSSR count). The number of nitrogens with zero attached hydrogens (tertiary/aromatic N) is 2. The lowest BCUT2D eigenvalue weighted by Crippen LogP contribution is -2.55. The highest BCUT2D eigenvalue weighted by molar-refractivity contribution is 5.87. The van der Waals surface area contributed by atoms with Crippen LogP contribution in [0, 0.1) is 5.41 Å². The summed E-state index contributed by atoms with van der Waals surface area (Å²) in [4.78, 5) is 38.4. The summed E-state index contributed by atoms with van der Waals surface area (Å²) in [5, 5.41) is 18.4. The first kappa shape index (κ1) is 19.4. The summed E-state index contributed by atoms with van der Waals surface area (Å²) in [6.07, 6.45) is 3.07. The van der Waals surface area contributed by atoms with Crippen molar-refractivity contribution in [2.24, 2.45) is 5.41 Å². The number of likely N-dealkylation sites (tertiary alicyclic amines) is 2. The molecule has 146 valence electrons. The number of rotatable bonds is 5. The van der Waals surface area contributed by atoms with Gasteiger partial charge in [0.05, 0.1) is 5.56 Å². The maximum atomic E-state index is 12.2. The first-order valence-corrected chi connectivity index (χ1v) is 9.37. The number of aromatic carboxylic acids is 1. The second-order valence-corrected chi connectivity index (χ2v) is 7.82. The Morgan fingerprint density at radius 2 is 1.89 bits per heavy atom. The average Bonchev–Trinajstić information content (AvgIpc) is 2.65. The molecule has 7 heteroatoms. The third-order valence-corrected chi connectivity index (χ3v) is 6.02. The molecule has 7 nitrogen and oxygen atoms in total. The van der Waals surface area contributed by atoms with Gasteiger partial charge < -0.3 is 15.1 Å². The quantitative estimate of drug-likeness (QED) is 0.819. The number of carbonyl (C=O) groups excluding carboxylic acids is 1. The number of carboxylic acid groups (broad SMARTS) is 2. The molecule has 1 amide bonds. The molecule has 2 aliphatic heterocycles. The third kappa shape index (κ3) is 4.30. The molecule has 2 saturated heterocycles. The van der Waals surface area contributed by atoms with Crippen molar-refractivity contribution in [1.29, 1.82) is 0 Å². The summed E-state index contributed by atoms with van der Waals surface area (Å²) in [6.45, 7) is 4.51. The van der Waals surface area contributed by atoms with E-state index < -0.39 is 18.0 Å². The molecule has 1 spiro atoms. The van der Waals surface area contributed by atoms with Crippen molar-refractivity contribution in [2.75, 3.05) is 19.6 Å². The normalized spacial score (nSPS) is 21.2. The molecule has 1 aromatic rings. The number of hydrogen-bond acceptors (Lipinski definition) is 4. The Morgan fingerprint density at radius 3 is 2.52 bits per heavy atom. The smallest absolute Gasteiger partial charge is 0.335 e. The summed E-state index contributed by atoms with van der Waals surface area (Å²) in [5.41, 5.74) is 1.27. The minimum Gasteiger partial charge on any atom is -0.480 e. The van der Waals surface area contributed by atoms with Gasteiger partial charge in [-0.25, -0.2) is 9.59 Å². The van der Waals surface area contributed by atoms with Crippen molar-refractivity contribution in [3.05, 3.63) is 35.4 Å². The zero-order chi connectivity index (χ0) is 19.6. The van der Waals surface area contributed by atoms with Crippen molar-refractivity contribution >= 4 is 17.8 Å². The molecule has 2 heterocycles. The lowest BCUT2D eigenvalue weighted by Gasteiger charge is -2.48. The average molecular weight is 374 g/mol. The predicted octanol–water partition coefficient (Wildman–Crippen LogP) is 2.06. The molecule has 2 N–H and O–H groups in total. The van der Waals surface area contributed by atoms with Gasteiger partial charge in [-0.1, -0.05) is 12.1 Å². The number of piperidine rings is 2. The van der Waals surface area contributed by atoms with E-state index in [4.69, 9.17) is 5.11 Å². The molecular formula is C20H26N2O5. The van der Waals surface area contributed by atoms with Crippen molar-refractivity contribution in [1.82, 2.24) is 9.80 Å². The van der Waals surface area contributed by atoms with Crippen LogP contribution < -0.4 is 0 Å². The lowest BCUT2D eigenvalue weighted by atomic mass is 9.72. The summed E-state index contributed by atoms with van der Waals surface area (Å²) >= 11 is 0. The Kier molecular flexibility index (Phi) is 5.51. The predicted molar refractivity (Wildman–Crippen MR) is 98.4 cm³/mol. The molecule has 0 aromatic heterocycles. The Labute approximate surface area is 158 Å². The maximum Gasteiger partial charge on any atom is 0.335 e. The van der Waals surface area contributed by atoms with E-state index >= 15 is 0 Å². The van der Waals surface area contributed by atoms with E-state index in [1.807, 2.05) is 6.07 Å². The van der Waals surface area contributed by atoms with Crippen molar-refractivity contribution in [2.45, 2.75) is 45.2 Å². The Balaban J connectivity index is 1.61. The van der Waals surface area contributed by atoms with Crippen molar-refractivity contribution in [3.63, 3.8) is 0 Å². The van der Waals surface area contributed by atoms with Gasteiger partial charge in [-0.05, 0) is 62.4 Å². The largest absolute Gasteiger partial charge is 0.480 e. The van der Waals surface area contributed by atoms with Crippen LogP contribution in [0.4, 0.5) is 0 Å². The van der Waals surface area contributed by atoms with Gasteiger partial charge in [0.25, 0.3) is 0 Å². The highest BCUT2D eigenvalue weighted by atomic mass is 16.4. The number of hydrogen-bond donors (Lipinski definition) is 2. The summed E-state index contributed by atoms with van der Waals surface area (Å²) in [5.74, 6) is -1.95. The van der Waals surface area contributed by atoms with E-state index in [2.05, 4.69) is 4.90 Å². The second kappa shape index (κ2) is 7.68. The van der Waals surface area contributed by atoms with Crippen LogP contribution in [0.2, 0.25) is 0 Å². The molecule has 2 fully saturated rings. The molecule has 0 bridgehead atoms. The first-order chi connectivity index (χ1) is 12.8. The number of benzene rings is 1. The molecule has 1 atom stereocenters. The topological polar surface area (TPSA) is 98.2 Å². The van der Waals surface area contributed by atoms with Crippen LogP contribution in [0.1, 0.15) is 48.5 Å². The Morgan fingerprint density at radius 1 is 1.19 bits per heavy atom. The van der Waals surface area contributed by atoms with Crippen molar-refractivity contribution in [3.8, 4) is 0 Å². The van der Waals surface area contributed by atoms with E-state index in [9.17, 15) is 19.5 Å². The third-order valence-electron chi connectivity index (χ3n) is 6.02. The molecule has 27 heavy (non-hydrogen) atoms. The SMILES string of the molecule is CC(C(=O)O)N1CC2(CCC1=O)CCN(Cc1cccc(C(=O)O)c1)CC2. The highest BCUT2D eigenvalue weighted by Crippen LogP contribution is 2.41. The van der Waals surface area contributed by atoms with E-state index in [0.29, 0.717) is 25.1 Å². The molecule has 1 aromatic carbocycles. The Bertz CT molecular complexity index is 740. The number of carbonyl (C=O) groups is 3. The molecule has 1 unspecified atom stereocenters. The molecule has 0 aliphatic carbocycles. The van der Waals surface area contributed by atoms with Gasteiger partial charge in [-0.15, -0.1) is 0 Å².